The molecule has 0 N–H and O–H groups in total. The Labute approximate surface area is 123 Å². The number of ether oxygens (including phenoxy) is 1. The molecular formula is C15H19ClN2O2. The largest absolute Gasteiger partial charge is 0.465 e. The summed E-state index contributed by atoms with van der Waals surface area (Å²) in [4.78, 5) is 17.0. The summed E-state index contributed by atoms with van der Waals surface area (Å²) in [5, 5.41) is 1.08. The van der Waals surface area contributed by atoms with E-state index in [2.05, 4.69) is 11.9 Å². The highest BCUT2D eigenvalue weighted by Gasteiger charge is 2.12. The van der Waals surface area contributed by atoms with Gasteiger partial charge in [0.25, 0.3) is 11.6 Å². The van der Waals surface area contributed by atoms with Crippen LogP contribution in [0.15, 0.2) is 23.0 Å². The molecule has 0 aliphatic rings. The molecule has 0 aliphatic heterocycles. The molecule has 0 saturated carbocycles. The van der Waals surface area contributed by atoms with Gasteiger partial charge in [-0.15, -0.1) is 0 Å². The third kappa shape index (κ3) is 3.12. The molecule has 1 aromatic carbocycles. The summed E-state index contributed by atoms with van der Waals surface area (Å²) in [5.41, 5.74) is 0.537. The Morgan fingerprint density at radius 2 is 2.10 bits per heavy atom. The summed E-state index contributed by atoms with van der Waals surface area (Å²) in [6.07, 6.45) is 2.80. The Hall–Kier alpha value is -1.55. The van der Waals surface area contributed by atoms with E-state index in [0.717, 1.165) is 19.3 Å². The number of unbranched alkanes of at least 4 members (excludes halogenated alkanes) is 1. The highest BCUT2D eigenvalue weighted by molar-refractivity contribution is 6.31. The third-order valence-corrected chi connectivity index (χ3v) is 3.29. The van der Waals surface area contributed by atoms with E-state index in [1.165, 1.54) is 0 Å². The SMILES string of the molecule is CCCCn1c(OCCC)nc2ccc(Cl)cc2c1=O. The Kier molecular flexibility index (Phi) is 5.01. The van der Waals surface area contributed by atoms with Crippen molar-refractivity contribution in [1.29, 1.82) is 0 Å². The molecule has 0 saturated heterocycles. The second-order valence-corrected chi connectivity index (χ2v) is 5.15. The highest BCUT2D eigenvalue weighted by atomic mass is 35.5. The molecule has 108 valence electrons. The fraction of sp³-hybridized carbons (Fsp3) is 0.467. The quantitative estimate of drug-likeness (QED) is 0.817. The minimum absolute atomic E-state index is 0.0861. The average Bonchev–Trinajstić information content (AvgIpc) is 2.45. The molecule has 2 rings (SSSR count). The van der Waals surface area contributed by atoms with Crippen molar-refractivity contribution in [2.24, 2.45) is 0 Å². The molecule has 0 aliphatic carbocycles. The molecule has 0 spiro atoms. The van der Waals surface area contributed by atoms with Crippen LogP contribution in [-0.4, -0.2) is 16.2 Å². The lowest BCUT2D eigenvalue weighted by molar-refractivity contribution is 0.271. The normalized spacial score (nSPS) is 10.9. The molecule has 4 nitrogen and oxygen atoms in total. The van der Waals surface area contributed by atoms with E-state index in [4.69, 9.17) is 16.3 Å². The molecule has 5 heteroatoms. The molecule has 0 atom stereocenters. The monoisotopic (exact) mass is 294 g/mol. The fourth-order valence-corrected chi connectivity index (χ4v) is 2.16. The van der Waals surface area contributed by atoms with Gasteiger partial charge in [0.1, 0.15) is 0 Å². The van der Waals surface area contributed by atoms with Gasteiger partial charge in [0.2, 0.25) is 0 Å². The van der Waals surface area contributed by atoms with E-state index in [9.17, 15) is 4.79 Å². The molecule has 0 radical (unpaired) electrons. The maximum atomic E-state index is 12.6. The smallest absolute Gasteiger partial charge is 0.299 e. The van der Waals surface area contributed by atoms with Gasteiger partial charge in [-0.1, -0.05) is 31.9 Å². The summed E-state index contributed by atoms with van der Waals surface area (Å²) < 4.78 is 7.23. The summed E-state index contributed by atoms with van der Waals surface area (Å²) >= 11 is 5.96. The van der Waals surface area contributed by atoms with Crippen LogP contribution in [0.1, 0.15) is 33.1 Å². The zero-order chi connectivity index (χ0) is 14.5. The number of fused-ring (bicyclic) bond motifs is 1. The minimum atomic E-state index is -0.0861. The van der Waals surface area contributed by atoms with Crippen molar-refractivity contribution in [3.8, 4) is 6.01 Å². The van der Waals surface area contributed by atoms with Crippen molar-refractivity contribution in [3.63, 3.8) is 0 Å². The fourth-order valence-electron chi connectivity index (χ4n) is 1.99. The van der Waals surface area contributed by atoms with E-state index in [-0.39, 0.29) is 5.56 Å². The van der Waals surface area contributed by atoms with Crippen LogP contribution in [-0.2, 0) is 6.54 Å². The molecular weight excluding hydrogens is 276 g/mol. The molecule has 0 fully saturated rings. The second-order valence-electron chi connectivity index (χ2n) is 4.71. The van der Waals surface area contributed by atoms with Crippen molar-refractivity contribution < 1.29 is 4.74 Å². The van der Waals surface area contributed by atoms with Gasteiger partial charge in [0, 0.05) is 11.6 Å². The lowest BCUT2D eigenvalue weighted by atomic mass is 10.2. The van der Waals surface area contributed by atoms with Crippen molar-refractivity contribution in [2.45, 2.75) is 39.7 Å². The van der Waals surface area contributed by atoms with E-state index >= 15 is 0 Å². The van der Waals surface area contributed by atoms with Gasteiger partial charge in [-0.25, -0.2) is 0 Å². The number of rotatable bonds is 6. The van der Waals surface area contributed by atoms with Crippen molar-refractivity contribution in [1.82, 2.24) is 9.55 Å². The van der Waals surface area contributed by atoms with Crippen LogP contribution in [0.25, 0.3) is 10.9 Å². The number of nitrogens with zero attached hydrogens (tertiary/aromatic N) is 2. The minimum Gasteiger partial charge on any atom is -0.465 e. The molecule has 2 aromatic rings. The van der Waals surface area contributed by atoms with E-state index < -0.39 is 0 Å². The molecule has 0 bridgehead atoms. The van der Waals surface area contributed by atoms with Gasteiger partial charge in [-0.05, 0) is 31.0 Å². The van der Waals surface area contributed by atoms with Gasteiger partial charge in [-0.2, -0.15) is 4.98 Å². The highest BCUT2D eigenvalue weighted by Crippen LogP contribution is 2.18. The van der Waals surface area contributed by atoms with E-state index in [1.807, 2.05) is 6.92 Å². The van der Waals surface area contributed by atoms with Crippen LogP contribution in [0.5, 0.6) is 6.01 Å². The lowest BCUT2D eigenvalue weighted by Gasteiger charge is -2.13. The second kappa shape index (κ2) is 6.75. The van der Waals surface area contributed by atoms with Gasteiger partial charge < -0.3 is 4.74 Å². The number of aromatic nitrogens is 2. The Balaban J connectivity index is 2.56. The molecule has 1 aromatic heterocycles. The van der Waals surface area contributed by atoms with Gasteiger partial charge >= 0.3 is 0 Å². The van der Waals surface area contributed by atoms with Gasteiger partial charge in [0.05, 0.1) is 17.5 Å². The summed E-state index contributed by atoms with van der Waals surface area (Å²) in [7, 11) is 0. The predicted octanol–water partition coefficient (Wildman–Crippen LogP) is 3.64. The van der Waals surface area contributed by atoms with Crippen LogP contribution < -0.4 is 10.3 Å². The lowest BCUT2D eigenvalue weighted by Crippen LogP contribution is -2.24. The summed E-state index contributed by atoms with van der Waals surface area (Å²) in [5.74, 6) is 0. The molecule has 1 heterocycles. The third-order valence-electron chi connectivity index (χ3n) is 3.05. The molecule has 20 heavy (non-hydrogen) atoms. The van der Waals surface area contributed by atoms with Crippen LogP contribution >= 0.6 is 11.6 Å². The maximum absolute atomic E-state index is 12.6. The first-order valence-corrected chi connectivity index (χ1v) is 7.38. The number of halogens is 1. The molecule has 0 amide bonds. The first-order chi connectivity index (χ1) is 9.67. The van der Waals surface area contributed by atoms with Gasteiger partial charge in [0.15, 0.2) is 0 Å². The van der Waals surface area contributed by atoms with Crippen molar-refractivity contribution >= 4 is 22.5 Å². The number of hydrogen-bond acceptors (Lipinski definition) is 3. The summed E-state index contributed by atoms with van der Waals surface area (Å²) in [6.45, 7) is 5.28. The first kappa shape index (κ1) is 14.9. The van der Waals surface area contributed by atoms with Gasteiger partial charge in [-0.3, -0.25) is 9.36 Å². The standard InChI is InChI=1S/C15H19ClN2O2/c1-3-5-8-18-14(19)12-10-11(16)6-7-13(12)17-15(18)20-9-4-2/h6-7,10H,3-5,8-9H2,1-2H3. The van der Waals surface area contributed by atoms with Crippen LogP contribution in [0, 0.1) is 0 Å². The zero-order valence-electron chi connectivity index (χ0n) is 11.9. The molecule has 0 unspecified atom stereocenters. The zero-order valence-corrected chi connectivity index (χ0v) is 12.6. The predicted molar refractivity (Wildman–Crippen MR) is 81.7 cm³/mol. The van der Waals surface area contributed by atoms with Crippen molar-refractivity contribution in [2.75, 3.05) is 6.61 Å². The van der Waals surface area contributed by atoms with Crippen molar-refractivity contribution in [3.05, 3.63) is 33.6 Å². The van der Waals surface area contributed by atoms with E-state index in [1.54, 1.807) is 22.8 Å². The Morgan fingerprint density at radius 1 is 1.30 bits per heavy atom. The van der Waals surface area contributed by atoms with Crippen LogP contribution in [0.4, 0.5) is 0 Å². The Morgan fingerprint density at radius 3 is 2.80 bits per heavy atom. The Bertz CT molecular complexity index is 652. The van der Waals surface area contributed by atoms with Crippen LogP contribution in [0.3, 0.4) is 0 Å². The topological polar surface area (TPSA) is 44.1 Å². The number of hydrogen-bond donors (Lipinski definition) is 0. The number of benzene rings is 1. The van der Waals surface area contributed by atoms with E-state index in [0.29, 0.717) is 35.1 Å². The first-order valence-electron chi connectivity index (χ1n) is 7.00. The van der Waals surface area contributed by atoms with Crippen LogP contribution in [0.2, 0.25) is 5.02 Å². The maximum Gasteiger partial charge on any atom is 0.299 e. The summed E-state index contributed by atoms with van der Waals surface area (Å²) in [6, 6.07) is 5.55. The average molecular weight is 295 g/mol.